The van der Waals surface area contributed by atoms with Crippen LogP contribution in [-0.4, -0.2) is 25.3 Å². The number of benzene rings is 2. The van der Waals surface area contributed by atoms with Gasteiger partial charge in [0.1, 0.15) is 0 Å². The lowest BCUT2D eigenvalue weighted by Gasteiger charge is -2.40. The van der Waals surface area contributed by atoms with Gasteiger partial charge in [0.2, 0.25) is 0 Å². The minimum Gasteiger partial charge on any atom is -0.378 e. The number of rotatable bonds is 7. The van der Waals surface area contributed by atoms with Gasteiger partial charge < -0.3 is 14.5 Å². The lowest BCUT2D eigenvalue weighted by molar-refractivity contribution is 0.0427. The number of anilines is 1. The highest BCUT2D eigenvalue weighted by Crippen LogP contribution is 2.60. The Balaban J connectivity index is 2.01. The summed E-state index contributed by atoms with van der Waals surface area (Å²) in [6.07, 6.45) is 3.01. The van der Waals surface area contributed by atoms with E-state index in [9.17, 15) is 9.67 Å². The summed E-state index contributed by atoms with van der Waals surface area (Å²) in [7, 11) is 0.376. The van der Waals surface area contributed by atoms with Gasteiger partial charge in [0.25, 0.3) is 7.37 Å². The molecular formula is C25H36NO3P. The van der Waals surface area contributed by atoms with Crippen molar-refractivity contribution in [1.82, 2.24) is 0 Å². The maximum Gasteiger partial charge on any atom is 0.264 e. The van der Waals surface area contributed by atoms with E-state index in [1.54, 1.807) is 0 Å². The quantitative estimate of drug-likeness (QED) is 0.563. The number of hydrogen-bond donors (Lipinski definition) is 1. The van der Waals surface area contributed by atoms with Crippen molar-refractivity contribution < 1.29 is 14.2 Å². The zero-order valence-electron chi connectivity index (χ0n) is 18.9. The first-order valence-corrected chi connectivity index (χ1v) is 12.7. The van der Waals surface area contributed by atoms with Crippen LogP contribution in [0.3, 0.4) is 0 Å². The number of nitrogens with zero attached hydrogens (tertiary/aromatic N) is 1. The maximum atomic E-state index is 14.5. The van der Waals surface area contributed by atoms with Crippen LogP contribution in [0.4, 0.5) is 5.69 Å². The molecule has 0 unspecified atom stereocenters. The van der Waals surface area contributed by atoms with Crippen molar-refractivity contribution in [3.8, 4) is 0 Å². The minimum absolute atomic E-state index is 0.119. The Morgan fingerprint density at radius 3 is 2.23 bits per heavy atom. The zero-order chi connectivity index (χ0) is 21.9. The molecule has 1 aliphatic rings. The van der Waals surface area contributed by atoms with Gasteiger partial charge in [-0.2, -0.15) is 0 Å². The monoisotopic (exact) mass is 429 g/mol. The molecule has 4 nitrogen and oxygen atoms in total. The molecule has 30 heavy (non-hydrogen) atoms. The standard InChI is InChI=1S/C25H36NO3P/c1-18(2)23-16-11-19(3)17-24(23)29-30(28,25(27)20-9-7-6-8-10-20)22-14-12-21(13-15-22)26(4)5/h6-10,12-15,18-19,23-25,27H,11,16-17H2,1-5H3/t19-,23+,24-,25+,30+/m1/s1. The largest absolute Gasteiger partial charge is 0.378 e. The Bertz CT molecular complexity index is 850. The van der Waals surface area contributed by atoms with Crippen LogP contribution in [0.25, 0.3) is 0 Å². The van der Waals surface area contributed by atoms with Crippen LogP contribution in [0.2, 0.25) is 0 Å². The van der Waals surface area contributed by atoms with Crippen LogP contribution in [0.15, 0.2) is 54.6 Å². The Hall–Kier alpha value is -1.61. The van der Waals surface area contributed by atoms with Gasteiger partial charge in [-0.15, -0.1) is 0 Å². The van der Waals surface area contributed by atoms with E-state index in [4.69, 9.17) is 4.52 Å². The van der Waals surface area contributed by atoms with E-state index in [1.165, 1.54) is 6.42 Å². The van der Waals surface area contributed by atoms with Gasteiger partial charge in [-0.1, -0.05) is 57.5 Å². The molecule has 0 heterocycles. The van der Waals surface area contributed by atoms with Crippen LogP contribution in [0.5, 0.6) is 0 Å². The molecule has 3 rings (SSSR count). The van der Waals surface area contributed by atoms with Crippen molar-refractivity contribution in [2.24, 2.45) is 17.8 Å². The van der Waals surface area contributed by atoms with Crippen molar-refractivity contribution in [3.63, 3.8) is 0 Å². The van der Waals surface area contributed by atoms with E-state index in [1.807, 2.05) is 73.6 Å². The number of aliphatic hydroxyl groups is 1. The van der Waals surface area contributed by atoms with Gasteiger partial charge in [-0.25, -0.2) is 0 Å². The Kier molecular flexibility index (Phi) is 7.44. The summed E-state index contributed by atoms with van der Waals surface area (Å²) in [5, 5.41) is 11.9. The molecule has 2 aromatic rings. The summed E-state index contributed by atoms with van der Waals surface area (Å²) in [5.41, 5.74) is 1.65. The van der Waals surface area contributed by atoms with Crippen LogP contribution >= 0.6 is 7.37 Å². The second kappa shape index (κ2) is 9.68. The summed E-state index contributed by atoms with van der Waals surface area (Å²) < 4.78 is 21.0. The van der Waals surface area contributed by atoms with E-state index < -0.39 is 13.2 Å². The van der Waals surface area contributed by atoms with Gasteiger partial charge >= 0.3 is 0 Å². The molecule has 1 saturated carbocycles. The molecule has 5 atom stereocenters. The molecule has 0 saturated heterocycles. The van der Waals surface area contributed by atoms with Crippen LogP contribution < -0.4 is 10.2 Å². The first-order chi connectivity index (χ1) is 14.2. The molecule has 1 aliphatic carbocycles. The highest BCUT2D eigenvalue weighted by Gasteiger charge is 2.42. The molecule has 0 aromatic heterocycles. The second-order valence-corrected chi connectivity index (χ2v) is 11.7. The molecule has 0 amide bonds. The molecular weight excluding hydrogens is 393 g/mol. The van der Waals surface area contributed by atoms with Crippen molar-refractivity contribution >= 4 is 18.4 Å². The lowest BCUT2D eigenvalue weighted by atomic mass is 9.75. The fourth-order valence-corrected chi connectivity index (χ4v) is 6.77. The predicted molar refractivity (Wildman–Crippen MR) is 126 cm³/mol. The second-order valence-electron chi connectivity index (χ2n) is 9.26. The number of hydrogen-bond acceptors (Lipinski definition) is 4. The van der Waals surface area contributed by atoms with E-state index in [0.29, 0.717) is 28.6 Å². The van der Waals surface area contributed by atoms with Crippen molar-refractivity contribution in [1.29, 1.82) is 0 Å². The van der Waals surface area contributed by atoms with Crippen molar-refractivity contribution in [3.05, 3.63) is 60.2 Å². The summed E-state index contributed by atoms with van der Waals surface area (Å²) in [5.74, 6) is 0.136. The zero-order valence-corrected chi connectivity index (χ0v) is 19.8. The normalized spacial score (nSPS) is 25.0. The molecule has 164 valence electrons. The molecule has 5 heteroatoms. The van der Waals surface area contributed by atoms with Crippen molar-refractivity contribution in [2.45, 2.75) is 52.0 Å². The van der Waals surface area contributed by atoms with Crippen molar-refractivity contribution in [2.75, 3.05) is 19.0 Å². The molecule has 2 aromatic carbocycles. The molecule has 0 spiro atoms. The topological polar surface area (TPSA) is 49.8 Å². The van der Waals surface area contributed by atoms with Crippen LogP contribution in [-0.2, 0) is 9.09 Å². The van der Waals surface area contributed by atoms with Gasteiger partial charge in [-0.3, -0.25) is 4.57 Å². The highest BCUT2D eigenvalue weighted by molar-refractivity contribution is 7.67. The molecule has 0 bridgehead atoms. The van der Waals surface area contributed by atoms with E-state index in [2.05, 4.69) is 20.8 Å². The minimum atomic E-state index is -3.57. The average Bonchev–Trinajstić information content (AvgIpc) is 2.73. The van der Waals surface area contributed by atoms with E-state index >= 15 is 0 Å². The predicted octanol–water partition coefficient (Wildman–Crippen LogP) is 5.82. The summed E-state index contributed by atoms with van der Waals surface area (Å²) in [6, 6.07) is 16.8. The van der Waals surface area contributed by atoms with E-state index in [0.717, 1.165) is 18.5 Å². The Labute approximate surface area is 181 Å². The first-order valence-electron chi connectivity index (χ1n) is 11.0. The third-order valence-corrected chi connectivity index (χ3v) is 8.94. The molecule has 1 N–H and O–H groups in total. The smallest absolute Gasteiger partial charge is 0.264 e. The lowest BCUT2D eigenvalue weighted by Crippen LogP contribution is -2.35. The molecule has 1 fully saturated rings. The van der Waals surface area contributed by atoms with Gasteiger partial charge in [0, 0.05) is 25.1 Å². The highest BCUT2D eigenvalue weighted by atomic mass is 31.2. The van der Waals surface area contributed by atoms with Crippen LogP contribution in [0.1, 0.15) is 51.4 Å². The summed E-state index contributed by atoms with van der Waals surface area (Å²) >= 11 is 0. The first kappa shape index (κ1) is 23.1. The average molecular weight is 430 g/mol. The fourth-order valence-electron chi connectivity index (χ4n) is 4.48. The van der Waals surface area contributed by atoms with Gasteiger partial charge in [-0.05, 0) is 60.4 Å². The van der Waals surface area contributed by atoms with Gasteiger partial charge in [0.15, 0.2) is 5.85 Å². The van der Waals surface area contributed by atoms with E-state index in [-0.39, 0.29) is 6.10 Å². The molecule has 0 aliphatic heterocycles. The third-order valence-electron chi connectivity index (χ3n) is 6.40. The van der Waals surface area contributed by atoms with Crippen LogP contribution in [0, 0.1) is 17.8 Å². The van der Waals surface area contributed by atoms with Gasteiger partial charge in [0.05, 0.1) is 6.10 Å². The maximum absolute atomic E-state index is 14.5. The fraction of sp³-hybridized carbons (Fsp3) is 0.520. The Morgan fingerprint density at radius 1 is 1.03 bits per heavy atom. The summed E-state index contributed by atoms with van der Waals surface area (Å²) in [4.78, 5) is 2.00. The third kappa shape index (κ3) is 4.99. The molecule has 0 radical (unpaired) electrons. The Morgan fingerprint density at radius 2 is 1.67 bits per heavy atom. The SMILES string of the molecule is CC(C)[C@@H]1CC[C@@H](C)C[C@H]1O[P@@](=O)(c1ccc(N(C)C)cc1)[C@H](O)c1ccccc1. The summed E-state index contributed by atoms with van der Waals surface area (Å²) in [6.45, 7) is 6.65. The number of aliphatic hydroxyl groups excluding tert-OH is 1.